The van der Waals surface area contributed by atoms with E-state index in [1.54, 1.807) is 0 Å². The molecule has 0 aliphatic carbocycles. The van der Waals surface area contributed by atoms with Gasteiger partial charge < -0.3 is 11.1 Å². The van der Waals surface area contributed by atoms with E-state index in [2.05, 4.69) is 5.32 Å². The molecule has 0 aromatic carbocycles. The number of hydrogen-bond acceptors (Lipinski definition) is 2. The Hall–Kier alpha value is -1.06. The Balaban J connectivity index is 2.32. The third-order valence-electron chi connectivity index (χ3n) is 2.56. The molecule has 2 amide bonds. The van der Waals surface area contributed by atoms with Gasteiger partial charge in [-0.05, 0) is 19.3 Å². The Labute approximate surface area is 84.2 Å². The number of nitrogens with two attached hydrogens (primary N) is 1. The molecule has 0 saturated carbocycles. The summed E-state index contributed by atoms with van der Waals surface area (Å²) in [5, 5.41) is 2.93. The summed E-state index contributed by atoms with van der Waals surface area (Å²) in [5.74, 6) is -0.180. The van der Waals surface area contributed by atoms with E-state index >= 15 is 0 Å². The van der Waals surface area contributed by atoms with Crippen molar-refractivity contribution in [1.82, 2.24) is 5.32 Å². The van der Waals surface area contributed by atoms with Crippen molar-refractivity contribution in [3.63, 3.8) is 0 Å². The Morgan fingerprint density at radius 2 is 2.21 bits per heavy atom. The van der Waals surface area contributed by atoms with Crippen molar-refractivity contribution in [3.05, 3.63) is 0 Å². The first kappa shape index (κ1) is 11.0. The molecular weight excluding hydrogens is 180 g/mol. The molecule has 1 saturated heterocycles. The first-order valence-corrected chi connectivity index (χ1v) is 5.26. The lowest BCUT2D eigenvalue weighted by molar-refractivity contribution is -0.123. The van der Waals surface area contributed by atoms with E-state index in [-0.39, 0.29) is 17.9 Å². The summed E-state index contributed by atoms with van der Waals surface area (Å²) in [6.45, 7) is 0. The monoisotopic (exact) mass is 198 g/mol. The third kappa shape index (κ3) is 4.25. The van der Waals surface area contributed by atoms with E-state index in [1.807, 2.05) is 0 Å². The molecule has 4 nitrogen and oxygen atoms in total. The lowest BCUT2D eigenvalue weighted by Crippen LogP contribution is -2.36. The molecule has 0 spiro atoms. The molecule has 1 rings (SSSR count). The van der Waals surface area contributed by atoms with Gasteiger partial charge in [0.05, 0.1) is 0 Å². The number of primary amides is 1. The average molecular weight is 198 g/mol. The fraction of sp³-hybridized carbons (Fsp3) is 0.800. The summed E-state index contributed by atoms with van der Waals surface area (Å²) in [6, 6.07) is 0.148. The highest BCUT2D eigenvalue weighted by atomic mass is 16.2. The highest BCUT2D eigenvalue weighted by Gasteiger charge is 2.15. The highest BCUT2D eigenvalue weighted by Crippen LogP contribution is 2.13. The zero-order chi connectivity index (χ0) is 10.4. The summed E-state index contributed by atoms with van der Waals surface area (Å²) in [5.41, 5.74) is 5.06. The van der Waals surface area contributed by atoms with Crippen molar-refractivity contribution in [2.45, 2.75) is 51.0 Å². The van der Waals surface area contributed by atoms with E-state index in [9.17, 15) is 9.59 Å². The van der Waals surface area contributed by atoms with E-state index in [1.165, 1.54) is 0 Å². The van der Waals surface area contributed by atoms with Crippen LogP contribution in [0.5, 0.6) is 0 Å². The van der Waals surface area contributed by atoms with Crippen LogP contribution in [0.15, 0.2) is 0 Å². The molecule has 0 aromatic heterocycles. The zero-order valence-electron chi connectivity index (χ0n) is 8.42. The largest absolute Gasteiger partial charge is 0.370 e. The molecule has 1 aliphatic rings. The van der Waals surface area contributed by atoms with Gasteiger partial charge in [-0.25, -0.2) is 0 Å². The zero-order valence-corrected chi connectivity index (χ0v) is 8.42. The van der Waals surface area contributed by atoms with Crippen molar-refractivity contribution >= 4 is 11.8 Å². The summed E-state index contributed by atoms with van der Waals surface area (Å²) >= 11 is 0. The molecule has 14 heavy (non-hydrogen) atoms. The number of rotatable bonds is 3. The van der Waals surface area contributed by atoms with Crippen molar-refractivity contribution < 1.29 is 9.59 Å². The molecular formula is C10H18N2O2. The summed E-state index contributed by atoms with van der Waals surface area (Å²) < 4.78 is 0. The second-order valence-corrected chi connectivity index (χ2v) is 3.87. The minimum absolute atomic E-state index is 0.110. The first-order chi connectivity index (χ1) is 6.68. The quantitative estimate of drug-likeness (QED) is 0.700. The number of carbonyl (C=O) groups is 2. The molecule has 0 bridgehead atoms. The van der Waals surface area contributed by atoms with E-state index < -0.39 is 0 Å². The normalized spacial score (nSPS) is 23.4. The van der Waals surface area contributed by atoms with Crippen LogP contribution in [0.4, 0.5) is 0 Å². The molecule has 4 heteroatoms. The molecule has 0 aromatic rings. The lowest BCUT2D eigenvalue weighted by atomic mass is 10.00. The van der Waals surface area contributed by atoms with Crippen LogP contribution in [0, 0.1) is 0 Å². The van der Waals surface area contributed by atoms with Gasteiger partial charge in [0.2, 0.25) is 11.8 Å². The molecule has 80 valence electrons. The van der Waals surface area contributed by atoms with Crippen molar-refractivity contribution in [2.75, 3.05) is 0 Å². The van der Waals surface area contributed by atoms with Crippen LogP contribution in [0.3, 0.4) is 0 Å². The maximum atomic E-state index is 11.3. The molecule has 1 heterocycles. The topological polar surface area (TPSA) is 72.2 Å². The standard InChI is InChI=1S/C10H18N2O2/c11-9(13)7-6-8-4-2-1-3-5-10(14)12-8/h8H,1-7H2,(H2,11,13)(H,12,14). The summed E-state index contributed by atoms with van der Waals surface area (Å²) in [6.07, 6.45) is 5.86. The Kier molecular flexibility index (Phi) is 4.43. The Morgan fingerprint density at radius 3 is 2.93 bits per heavy atom. The van der Waals surface area contributed by atoms with Crippen LogP contribution < -0.4 is 11.1 Å². The summed E-state index contributed by atoms with van der Waals surface area (Å²) in [4.78, 5) is 21.9. The van der Waals surface area contributed by atoms with Gasteiger partial charge in [-0.15, -0.1) is 0 Å². The van der Waals surface area contributed by atoms with Gasteiger partial charge in [0.1, 0.15) is 0 Å². The third-order valence-corrected chi connectivity index (χ3v) is 2.56. The van der Waals surface area contributed by atoms with Gasteiger partial charge in [-0.2, -0.15) is 0 Å². The second-order valence-electron chi connectivity index (χ2n) is 3.87. The van der Waals surface area contributed by atoms with Crippen LogP contribution in [-0.2, 0) is 9.59 Å². The lowest BCUT2D eigenvalue weighted by Gasteiger charge is -2.20. The second kappa shape index (κ2) is 5.62. The first-order valence-electron chi connectivity index (χ1n) is 5.26. The predicted octanol–water partition coefficient (Wildman–Crippen LogP) is 0.701. The minimum atomic E-state index is -0.290. The SMILES string of the molecule is NC(=O)CCC1CCCCCC(=O)N1. The number of amides is 2. The number of hydrogen-bond donors (Lipinski definition) is 2. The molecule has 3 N–H and O–H groups in total. The van der Waals surface area contributed by atoms with Gasteiger partial charge >= 0.3 is 0 Å². The fourth-order valence-electron chi connectivity index (χ4n) is 1.76. The number of nitrogens with one attached hydrogen (secondary N) is 1. The number of carbonyl (C=O) groups excluding carboxylic acids is 2. The average Bonchev–Trinajstić information content (AvgIpc) is 2.08. The van der Waals surface area contributed by atoms with E-state index in [0.717, 1.165) is 25.7 Å². The molecule has 0 radical (unpaired) electrons. The van der Waals surface area contributed by atoms with Crippen LogP contribution in [0.25, 0.3) is 0 Å². The van der Waals surface area contributed by atoms with Crippen molar-refractivity contribution in [2.24, 2.45) is 5.73 Å². The molecule has 1 unspecified atom stereocenters. The highest BCUT2D eigenvalue weighted by molar-refractivity contribution is 5.76. The fourth-order valence-corrected chi connectivity index (χ4v) is 1.76. The van der Waals surface area contributed by atoms with Gasteiger partial charge in [0.25, 0.3) is 0 Å². The molecule has 1 atom stereocenters. The van der Waals surface area contributed by atoms with Crippen LogP contribution in [-0.4, -0.2) is 17.9 Å². The maximum absolute atomic E-state index is 11.3. The van der Waals surface area contributed by atoms with Crippen LogP contribution in [0.2, 0.25) is 0 Å². The van der Waals surface area contributed by atoms with Gasteiger partial charge in [-0.1, -0.05) is 12.8 Å². The maximum Gasteiger partial charge on any atom is 0.220 e. The van der Waals surface area contributed by atoms with Crippen molar-refractivity contribution in [3.8, 4) is 0 Å². The van der Waals surface area contributed by atoms with Gasteiger partial charge in [0.15, 0.2) is 0 Å². The Morgan fingerprint density at radius 1 is 1.43 bits per heavy atom. The van der Waals surface area contributed by atoms with Gasteiger partial charge in [0, 0.05) is 18.9 Å². The van der Waals surface area contributed by atoms with Crippen LogP contribution in [0.1, 0.15) is 44.9 Å². The van der Waals surface area contributed by atoms with E-state index in [0.29, 0.717) is 19.3 Å². The van der Waals surface area contributed by atoms with Gasteiger partial charge in [-0.3, -0.25) is 9.59 Å². The summed E-state index contributed by atoms with van der Waals surface area (Å²) in [7, 11) is 0. The molecule has 1 aliphatic heterocycles. The smallest absolute Gasteiger partial charge is 0.220 e. The van der Waals surface area contributed by atoms with E-state index in [4.69, 9.17) is 5.73 Å². The van der Waals surface area contributed by atoms with Crippen molar-refractivity contribution in [1.29, 1.82) is 0 Å². The predicted molar refractivity (Wildman–Crippen MR) is 53.4 cm³/mol. The molecule has 1 fully saturated rings. The minimum Gasteiger partial charge on any atom is -0.370 e. The van der Waals surface area contributed by atoms with Crippen LogP contribution >= 0.6 is 0 Å². The Bertz CT molecular complexity index is 216.